The second-order valence-corrected chi connectivity index (χ2v) is 5.18. The molecule has 122 valence electrons. The molecule has 4 N–H and O–H groups in total. The molecule has 1 aromatic rings. The van der Waals surface area contributed by atoms with Gasteiger partial charge in [-0.05, 0) is 12.1 Å². The molecule has 0 fully saturated rings. The lowest BCUT2D eigenvalue weighted by Crippen LogP contribution is -2.35. The highest BCUT2D eigenvalue weighted by Gasteiger charge is 2.05. The molecule has 0 heterocycles. The van der Waals surface area contributed by atoms with Crippen LogP contribution in [0.5, 0.6) is 0 Å². The summed E-state index contributed by atoms with van der Waals surface area (Å²) in [5, 5.41) is 18.9. The molecule has 22 heavy (non-hydrogen) atoms. The van der Waals surface area contributed by atoms with Crippen LogP contribution in [0.4, 0.5) is 0 Å². The number of benzene rings is 1. The summed E-state index contributed by atoms with van der Waals surface area (Å²) >= 11 is 1.64. The minimum Gasteiger partial charge on any atom is -0.478 e. The summed E-state index contributed by atoms with van der Waals surface area (Å²) in [5.41, 5.74) is 0. The number of carbonyl (C=O) groups is 2. The molecule has 0 aliphatic carbocycles. The molecule has 1 unspecified atom stereocenters. The molecule has 7 nitrogen and oxygen atoms in total. The second-order valence-electron chi connectivity index (χ2n) is 4.09. The standard InChI is InChI=1S/C10H16N2OS.C4H4O4/c1-12(11)7-9(13)8-14-10-5-3-2-4-6-10;5-3-8-2-1-4(6)7/h2-6,9,13H,7-8,11H2,1H3;1-3H,(H,6,7)/b;2-1+. The van der Waals surface area contributed by atoms with E-state index in [0.717, 1.165) is 6.26 Å². The molecular formula is C14H20N2O5S. The Morgan fingerprint density at radius 3 is 2.59 bits per heavy atom. The number of nitrogens with zero attached hydrogens (tertiary/aromatic N) is 1. The van der Waals surface area contributed by atoms with Crippen molar-refractivity contribution in [3.8, 4) is 0 Å². The van der Waals surface area contributed by atoms with Gasteiger partial charge in [0.15, 0.2) is 0 Å². The molecule has 0 aliphatic heterocycles. The van der Waals surface area contributed by atoms with Crippen molar-refractivity contribution in [3.63, 3.8) is 0 Å². The van der Waals surface area contributed by atoms with Gasteiger partial charge in [-0.1, -0.05) is 18.2 Å². The summed E-state index contributed by atoms with van der Waals surface area (Å²) in [6.07, 6.45) is 1.12. The number of ether oxygens (including phenoxy) is 1. The van der Waals surface area contributed by atoms with Crippen LogP contribution in [-0.4, -0.2) is 53.1 Å². The number of rotatable bonds is 8. The first-order valence-corrected chi connectivity index (χ1v) is 7.24. The molecule has 0 bridgehead atoms. The molecular weight excluding hydrogens is 308 g/mol. The minimum absolute atomic E-state index is 0.138. The van der Waals surface area contributed by atoms with Crippen molar-refractivity contribution in [2.75, 3.05) is 19.3 Å². The third kappa shape index (κ3) is 13.1. The van der Waals surface area contributed by atoms with Crippen LogP contribution in [0.1, 0.15) is 0 Å². The summed E-state index contributed by atoms with van der Waals surface area (Å²) in [5.74, 6) is 4.95. The second kappa shape index (κ2) is 12.8. The van der Waals surface area contributed by atoms with E-state index in [9.17, 15) is 14.7 Å². The van der Waals surface area contributed by atoms with E-state index in [-0.39, 0.29) is 12.6 Å². The van der Waals surface area contributed by atoms with Crippen LogP contribution in [0.25, 0.3) is 0 Å². The van der Waals surface area contributed by atoms with Gasteiger partial charge >= 0.3 is 5.97 Å². The summed E-state index contributed by atoms with van der Waals surface area (Å²) in [7, 11) is 1.75. The van der Waals surface area contributed by atoms with Gasteiger partial charge in [0, 0.05) is 24.2 Å². The SMILES string of the molecule is CN(N)CC(O)CSc1ccccc1.O=CO/C=C/C(=O)O. The zero-order valence-electron chi connectivity index (χ0n) is 12.2. The lowest BCUT2D eigenvalue weighted by atomic mass is 10.4. The Labute approximate surface area is 133 Å². The number of hydrogen-bond donors (Lipinski definition) is 3. The van der Waals surface area contributed by atoms with E-state index in [1.807, 2.05) is 30.3 Å². The predicted octanol–water partition coefficient (Wildman–Crippen LogP) is 0.703. The van der Waals surface area contributed by atoms with Gasteiger partial charge in [0.05, 0.1) is 12.2 Å². The molecule has 0 saturated carbocycles. The third-order valence-corrected chi connectivity index (χ3v) is 3.19. The van der Waals surface area contributed by atoms with Crippen LogP contribution < -0.4 is 5.84 Å². The molecule has 0 aliphatic rings. The number of hydrogen-bond acceptors (Lipinski definition) is 7. The van der Waals surface area contributed by atoms with Gasteiger partial charge < -0.3 is 14.9 Å². The lowest BCUT2D eigenvalue weighted by molar-refractivity contribution is -0.131. The van der Waals surface area contributed by atoms with E-state index in [4.69, 9.17) is 10.9 Å². The van der Waals surface area contributed by atoms with Crippen LogP contribution in [0.15, 0.2) is 47.6 Å². The monoisotopic (exact) mass is 328 g/mol. The summed E-state index contributed by atoms with van der Waals surface area (Å²) in [6, 6.07) is 10.0. The fourth-order valence-corrected chi connectivity index (χ4v) is 2.06. The Hall–Kier alpha value is -1.87. The van der Waals surface area contributed by atoms with Crippen molar-refractivity contribution in [2.24, 2.45) is 5.84 Å². The van der Waals surface area contributed by atoms with Crippen LogP contribution in [-0.2, 0) is 14.3 Å². The normalized spacial score (nSPS) is 11.6. The van der Waals surface area contributed by atoms with Gasteiger partial charge in [-0.2, -0.15) is 0 Å². The summed E-state index contributed by atoms with van der Waals surface area (Å²) in [4.78, 5) is 20.1. The Kier molecular flexibility index (Phi) is 11.7. The van der Waals surface area contributed by atoms with E-state index < -0.39 is 5.97 Å². The first-order valence-electron chi connectivity index (χ1n) is 6.26. The van der Waals surface area contributed by atoms with Gasteiger partial charge in [-0.25, -0.2) is 9.80 Å². The van der Waals surface area contributed by atoms with E-state index in [0.29, 0.717) is 18.4 Å². The highest BCUT2D eigenvalue weighted by atomic mass is 32.2. The molecule has 0 spiro atoms. The first kappa shape index (κ1) is 20.1. The number of aliphatic hydroxyl groups excluding tert-OH is 1. The van der Waals surface area contributed by atoms with Gasteiger partial charge in [0.1, 0.15) is 6.26 Å². The molecule has 1 aromatic carbocycles. The largest absolute Gasteiger partial charge is 0.478 e. The van der Waals surface area contributed by atoms with Crippen LogP contribution in [0.2, 0.25) is 0 Å². The van der Waals surface area contributed by atoms with E-state index in [2.05, 4.69) is 4.74 Å². The summed E-state index contributed by atoms with van der Waals surface area (Å²) < 4.78 is 3.90. The zero-order valence-corrected chi connectivity index (χ0v) is 13.0. The lowest BCUT2D eigenvalue weighted by Gasteiger charge is -2.14. The number of nitrogens with two attached hydrogens (primary N) is 1. The number of aliphatic hydroxyl groups is 1. The maximum atomic E-state index is 9.59. The van der Waals surface area contributed by atoms with Gasteiger partial charge in [0.25, 0.3) is 6.47 Å². The smallest absolute Gasteiger partial charge is 0.331 e. The Balaban J connectivity index is 0.000000472. The average Bonchev–Trinajstić information content (AvgIpc) is 2.46. The van der Waals surface area contributed by atoms with Crippen molar-refractivity contribution in [3.05, 3.63) is 42.7 Å². The molecule has 0 radical (unpaired) electrons. The molecule has 0 amide bonds. The Bertz CT molecular complexity index is 454. The topological polar surface area (TPSA) is 113 Å². The average molecular weight is 328 g/mol. The fourth-order valence-electron chi connectivity index (χ4n) is 1.22. The zero-order chi connectivity index (χ0) is 16.8. The third-order valence-electron chi connectivity index (χ3n) is 2.03. The quantitative estimate of drug-likeness (QED) is 0.160. The molecule has 8 heteroatoms. The van der Waals surface area contributed by atoms with E-state index >= 15 is 0 Å². The fraction of sp³-hybridized carbons (Fsp3) is 0.286. The molecule has 1 rings (SSSR count). The number of carboxylic acids is 1. The number of likely N-dealkylation sites (N-methyl/N-ethyl adjacent to an activating group) is 1. The predicted molar refractivity (Wildman–Crippen MR) is 83.9 cm³/mol. The van der Waals surface area contributed by atoms with E-state index in [1.54, 1.807) is 18.8 Å². The minimum atomic E-state index is -1.15. The summed E-state index contributed by atoms with van der Waals surface area (Å²) in [6.45, 7) is 0.638. The van der Waals surface area contributed by atoms with Crippen LogP contribution in [0, 0.1) is 0 Å². The maximum Gasteiger partial charge on any atom is 0.331 e. The Morgan fingerprint density at radius 1 is 1.45 bits per heavy atom. The molecule has 0 saturated heterocycles. The van der Waals surface area contributed by atoms with E-state index in [1.165, 1.54) is 9.90 Å². The van der Waals surface area contributed by atoms with Gasteiger partial charge in [-0.3, -0.25) is 10.6 Å². The highest BCUT2D eigenvalue weighted by molar-refractivity contribution is 7.99. The van der Waals surface area contributed by atoms with Crippen LogP contribution in [0.3, 0.4) is 0 Å². The highest BCUT2D eigenvalue weighted by Crippen LogP contribution is 2.17. The van der Waals surface area contributed by atoms with Gasteiger partial charge in [-0.15, -0.1) is 11.8 Å². The number of thioether (sulfide) groups is 1. The number of carboxylic acid groups (broad SMARTS) is 1. The van der Waals surface area contributed by atoms with Crippen molar-refractivity contribution in [2.45, 2.75) is 11.0 Å². The maximum absolute atomic E-state index is 9.59. The molecule has 0 aromatic heterocycles. The van der Waals surface area contributed by atoms with Crippen molar-refractivity contribution in [1.29, 1.82) is 0 Å². The number of aliphatic carboxylic acids is 1. The van der Waals surface area contributed by atoms with Gasteiger partial charge in [0.2, 0.25) is 0 Å². The number of carbonyl (C=O) groups excluding carboxylic acids is 1. The van der Waals surface area contributed by atoms with Crippen molar-refractivity contribution >= 4 is 24.2 Å². The Morgan fingerprint density at radius 2 is 2.09 bits per heavy atom. The van der Waals surface area contributed by atoms with Crippen molar-refractivity contribution in [1.82, 2.24) is 5.01 Å². The van der Waals surface area contributed by atoms with Crippen molar-refractivity contribution < 1.29 is 24.5 Å². The number of hydrazine groups is 1. The molecule has 1 atom stereocenters. The first-order chi connectivity index (χ1) is 10.5. The van der Waals surface area contributed by atoms with Crippen LogP contribution >= 0.6 is 11.8 Å².